The summed E-state index contributed by atoms with van der Waals surface area (Å²) in [5.41, 5.74) is 0.975. The van der Waals surface area contributed by atoms with Crippen LogP contribution in [-0.2, 0) is 14.6 Å². The second kappa shape index (κ2) is 7.33. The molecule has 2 atom stereocenters. The normalized spacial score (nSPS) is 24.5. The number of Topliss-reactive ketones (excluding diaryl/α,β-unsaturated/α-hetero) is 1. The van der Waals surface area contributed by atoms with Gasteiger partial charge < -0.3 is 0 Å². The van der Waals surface area contributed by atoms with E-state index < -0.39 is 15.4 Å². The second-order valence-corrected chi connectivity index (χ2v) is 8.95. The Labute approximate surface area is 155 Å². The molecule has 0 amide bonds. The smallest absolute Gasteiger partial charge is 0.180 e. The summed E-state index contributed by atoms with van der Waals surface area (Å²) in [6.07, 6.45) is 1.19. The Bertz CT molecular complexity index is 892. The van der Waals surface area contributed by atoms with Crippen LogP contribution in [0.25, 0.3) is 0 Å². The van der Waals surface area contributed by atoms with Crippen LogP contribution in [-0.4, -0.2) is 25.5 Å². The first kappa shape index (κ1) is 18.8. The van der Waals surface area contributed by atoms with E-state index in [-0.39, 0.29) is 24.0 Å². The van der Waals surface area contributed by atoms with Gasteiger partial charge in [-0.1, -0.05) is 62.4 Å². The molecule has 0 aliphatic carbocycles. The summed E-state index contributed by atoms with van der Waals surface area (Å²) in [5.74, 6) is 0.00934. The van der Waals surface area contributed by atoms with Crippen LogP contribution in [0, 0.1) is 0 Å². The molecule has 0 radical (unpaired) electrons. The lowest BCUT2D eigenvalue weighted by atomic mass is 9.87. The summed E-state index contributed by atoms with van der Waals surface area (Å²) in [5, 5.41) is 3.57. The third-order valence-corrected chi connectivity index (χ3v) is 7.20. The number of benzene rings is 2. The first-order chi connectivity index (χ1) is 12.4. The molecule has 0 saturated heterocycles. The molecule has 5 heteroatoms. The Morgan fingerprint density at radius 2 is 1.73 bits per heavy atom. The maximum atomic E-state index is 13.2. The number of fused-ring (bicyclic) bond motifs is 1. The van der Waals surface area contributed by atoms with Crippen molar-refractivity contribution >= 4 is 15.6 Å². The van der Waals surface area contributed by atoms with E-state index >= 15 is 0 Å². The highest BCUT2D eigenvalue weighted by Gasteiger charge is 2.42. The van der Waals surface area contributed by atoms with Gasteiger partial charge in [-0.15, -0.1) is 0 Å². The molecule has 26 heavy (non-hydrogen) atoms. The number of sulfone groups is 1. The van der Waals surface area contributed by atoms with E-state index in [1.165, 1.54) is 0 Å². The summed E-state index contributed by atoms with van der Waals surface area (Å²) >= 11 is 0. The average Bonchev–Trinajstić information content (AvgIpc) is 2.75. The molecule has 0 aromatic heterocycles. The molecule has 0 bridgehead atoms. The second-order valence-electron chi connectivity index (χ2n) is 6.99. The number of carbonyl (C=O) groups is 1. The zero-order valence-electron chi connectivity index (χ0n) is 15.2. The van der Waals surface area contributed by atoms with Crippen molar-refractivity contribution in [2.24, 2.45) is 0 Å². The van der Waals surface area contributed by atoms with Crippen LogP contribution < -0.4 is 5.32 Å². The molecule has 1 aliphatic heterocycles. The number of hydrogen-bond donors (Lipinski definition) is 1. The minimum absolute atomic E-state index is 0.0669. The van der Waals surface area contributed by atoms with Crippen molar-refractivity contribution in [3.8, 4) is 0 Å². The van der Waals surface area contributed by atoms with E-state index in [9.17, 15) is 13.2 Å². The fraction of sp³-hybridized carbons (Fsp3) is 0.381. The maximum Gasteiger partial charge on any atom is 0.180 e. The van der Waals surface area contributed by atoms with Crippen LogP contribution >= 0.6 is 0 Å². The molecule has 1 N–H and O–H groups in total. The number of nitrogens with one attached hydrogen (secondary N) is 1. The van der Waals surface area contributed by atoms with E-state index in [0.29, 0.717) is 17.7 Å². The van der Waals surface area contributed by atoms with Gasteiger partial charge in [0, 0.05) is 18.4 Å². The molecule has 0 fully saturated rings. The topological polar surface area (TPSA) is 63.2 Å². The lowest BCUT2D eigenvalue weighted by Gasteiger charge is -2.35. The van der Waals surface area contributed by atoms with Crippen molar-refractivity contribution in [1.82, 2.24) is 5.32 Å². The molecule has 3 rings (SSSR count). The van der Waals surface area contributed by atoms with Crippen molar-refractivity contribution in [2.45, 2.75) is 49.6 Å². The quantitative estimate of drug-likeness (QED) is 0.871. The highest BCUT2D eigenvalue weighted by atomic mass is 32.2. The van der Waals surface area contributed by atoms with Gasteiger partial charge in [-0.2, -0.15) is 0 Å². The van der Waals surface area contributed by atoms with Gasteiger partial charge in [0.15, 0.2) is 9.84 Å². The molecule has 138 valence electrons. The van der Waals surface area contributed by atoms with Crippen molar-refractivity contribution in [3.63, 3.8) is 0 Å². The van der Waals surface area contributed by atoms with Crippen molar-refractivity contribution in [3.05, 3.63) is 65.7 Å². The fourth-order valence-electron chi connectivity index (χ4n) is 3.71. The van der Waals surface area contributed by atoms with Crippen molar-refractivity contribution < 1.29 is 13.2 Å². The Morgan fingerprint density at radius 1 is 1.08 bits per heavy atom. The standard InChI is InChI=1S/C21H25NO3S/c1-3-17(23)14-21(4-2)15-26(24,25)19-13-9-8-12-18(19)20(22-21)16-10-6-5-7-11-16/h5-13,20,22H,3-4,14-15H2,1-2H3/t20-,21-/m0/s1. The summed E-state index contributed by atoms with van der Waals surface area (Å²) in [7, 11) is -3.51. The van der Waals surface area contributed by atoms with Crippen LogP contribution in [0.4, 0.5) is 0 Å². The SMILES string of the molecule is CCC(=O)C[C@@]1(CC)CS(=O)(=O)c2ccccc2[C@H](c2ccccc2)N1. The van der Waals surface area contributed by atoms with Gasteiger partial charge in [0.1, 0.15) is 5.78 Å². The van der Waals surface area contributed by atoms with Gasteiger partial charge in [0.25, 0.3) is 0 Å². The summed E-state index contributed by atoms with van der Waals surface area (Å²) < 4.78 is 26.3. The van der Waals surface area contributed by atoms with Crippen LogP contribution in [0.3, 0.4) is 0 Å². The van der Waals surface area contributed by atoms with Gasteiger partial charge in [-0.05, 0) is 23.6 Å². The zero-order chi connectivity index (χ0) is 18.8. The summed E-state index contributed by atoms with van der Waals surface area (Å²) in [4.78, 5) is 12.6. The molecule has 4 nitrogen and oxygen atoms in total. The van der Waals surface area contributed by atoms with E-state index in [2.05, 4.69) is 5.32 Å². The van der Waals surface area contributed by atoms with E-state index in [1.807, 2.05) is 56.3 Å². The predicted molar refractivity (Wildman–Crippen MR) is 103 cm³/mol. The molecular weight excluding hydrogens is 346 g/mol. The Hall–Kier alpha value is -1.98. The molecule has 1 heterocycles. The van der Waals surface area contributed by atoms with Crippen molar-refractivity contribution in [1.29, 1.82) is 0 Å². The first-order valence-corrected chi connectivity index (χ1v) is 10.7. The molecule has 1 aliphatic rings. The Balaban J connectivity index is 2.19. The molecule has 0 spiro atoms. The minimum Gasteiger partial charge on any atom is -0.300 e. The lowest BCUT2D eigenvalue weighted by Crippen LogP contribution is -2.51. The maximum absolute atomic E-state index is 13.2. The summed E-state index contributed by atoms with van der Waals surface area (Å²) in [6, 6.07) is 16.7. The first-order valence-electron chi connectivity index (χ1n) is 9.07. The third-order valence-electron chi connectivity index (χ3n) is 5.22. The highest BCUT2D eigenvalue weighted by molar-refractivity contribution is 7.91. The largest absolute Gasteiger partial charge is 0.300 e. The van der Waals surface area contributed by atoms with Gasteiger partial charge in [0.2, 0.25) is 0 Å². The minimum atomic E-state index is -3.51. The number of hydrogen-bond acceptors (Lipinski definition) is 4. The van der Waals surface area contributed by atoms with Crippen LogP contribution in [0.15, 0.2) is 59.5 Å². The molecule has 0 saturated carbocycles. The highest BCUT2D eigenvalue weighted by Crippen LogP contribution is 2.37. The predicted octanol–water partition coefficient (Wildman–Crippen LogP) is 3.67. The monoisotopic (exact) mass is 371 g/mol. The van der Waals surface area contributed by atoms with Crippen LogP contribution in [0.1, 0.15) is 50.3 Å². The molecular formula is C21H25NO3S. The molecule has 0 unspecified atom stereocenters. The Kier molecular flexibility index (Phi) is 5.30. The van der Waals surface area contributed by atoms with E-state index in [4.69, 9.17) is 0 Å². The fourth-order valence-corrected chi connectivity index (χ4v) is 5.81. The van der Waals surface area contributed by atoms with E-state index in [1.54, 1.807) is 12.1 Å². The van der Waals surface area contributed by atoms with Gasteiger partial charge >= 0.3 is 0 Å². The van der Waals surface area contributed by atoms with Crippen LogP contribution in [0.2, 0.25) is 0 Å². The Morgan fingerprint density at radius 3 is 2.38 bits per heavy atom. The van der Waals surface area contributed by atoms with Gasteiger partial charge in [-0.3, -0.25) is 10.1 Å². The third kappa shape index (κ3) is 3.60. The number of rotatable bonds is 5. The van der Waals surface area contributed by atoms with E-state index in [0.717, 1.165) is 11.1 Å². The van der Waals surface area contributed by atoms with Gasteiger partial charge in [0.05, 0.1) is 16.7 Å². The molecule has 2 aromatic carbocycles. The summed E-state index contributed by atoms with van der Waals surface area (Å²) in [6.45, 7) is 3.77. The zero-order valence-corrected chi connectivity index (χ0v) is 16.1. The number of ketones is 1. The van der Waals surface area contributed by atoms with Crippen LogP contribution in [0.5, 0.6) is 0 Å². The van der Waals surface area contributed by atoms with Crippen molar-refractivity contribution in [2.75, 3.05) is 5.75 Å². The lowest BCUT2D eigenvalue weighted by molar-refractivity contribution is -0.120. The van der Waals surface area contributed by atoms with Gasteiger partial charge in [-0.25, -0.2) is 8.42 Å². The number of carbonyl (C=O) groups excluding carboxylic acids is 1. The average molecular weight is 372 g/mol. The molecule has 2 aromatic rings.